The summed E-state index contributed by atoms with van der Waals surface area (Å²) in [5, 5.41) is 7.22. The quantitative estimate of drug-likeness (QED) is 0.323. The molecule has 4 heterocycles. The van der Waals surface area contributed by atoms with Crippen molar-refractivity contribution in [3.05, 3.63) is 59.7 Å². The van der Waals surface area contributed by atoms with E-state index in [4.69, 9.17) is 11.6 Å². The van der Waals surface area contributed by atoms with Crippen molar-refractivity contribution >= 4 is 51.3 Å². The lowest BCUT2D eigenvalue weighted by Crippen LogP contribution is -2.45. The molecule has 8 nitrogen and oxygen atoms in total. The standard InChI is InChI=1S/C32H39ClFN7O/c1-39-16-11-32(20-39)10-6-15-41(21-32)29-19-27-24(31(36-22-35-27)37-23-8-9-26(34)25(33)17-23)18-28(29)38-30(42)7-5-14-40-12-3-2-4-13-40/h5,7-9,17-19,22H,2-4,6,10-16,20-21H2,1H3,(H,38,42)(H,35,36,37)/b7-5+. The number of amides is 1. The molecule has 0 radical (unpaired) electrons. The Hall–Kier alpha value is -3.27. The lowest BCUT2D eigenvalue weighted by molar-refractivity contribution is -0.111. The smallest absolute Gasteiger partial charge is 0.248 e. The second-order valence-electron chi connectivity index (χ2n) is 12.1. The summed E-state index contributed by atoms with van der Waals surface area (Å²) in [5.74, 6) is -0.0833. The van der Waals surface area contributed by atoms with Gasteiger partial charge in [0.15, 0.2) is 0 Å². The highest BCUT2D eigenvalue weighted by Gasteiger charge is 2.40. The number of anilines is 4. The number of rotatable bonds is 7. The summed E-state index contributed by atoms with van der Waals surface area (Å²) >= 11 is 6.03. The summed E-state index contributed by atoms with van der Waals surface area (Å²) in [6.07, 6.45) is 12.4. The molecule has 42 heavy (non-hydrogen) atoms. The van der Waals surface area contributed by atoms with Crippen LogP contribution in [0.3, 0.4) is 0 Å². The van der Waals surface area contributed by atoms with E-state index in [-0.39, 0.29) is 16.3 Å². The predicted octanol–water partition coefficient (Wildman–Crippen LogP) is 6.07. The van der Waals surface area contributed by atoms with Gasteiger partial charge in [0.1, 0.15) is 18.0 Å². The van der Waals surface area contributed by atoms with Crippen LogP contribution in [0.1, 0.15) is 38.5 Å². The molecule has 1 amide bonds. The molecule has 3 fully saturated rings. The van der Waals surface area contributed by atoms with Crippen LogP contribution in [0.25, 0.3) is 10.9 Å². The maximum atomic E-state index is 13.8. The van der Waals surface area contributed by atoms with Crippen LogP contribution in [0.2, 0.25) is 5.02 Å². The maximum absolute atomic E-state index is 13.8. The Bertz CT molecular complexity index is 1470. The molecule has 0 aliphatic carbocycles. The van der Waals surface area contributed by atoms with E-state index >= 15 is 0 Å². The minimum atomic E-state index is -0.481. The number of nitrogens with one attached hydrogen (secondary N) is 2. The first-order valence-corrected chi connectivity index (χ1v) is 15.4. The van der Waals surface area contributed by atoms with Gasteiger partial charge in [0.2, 0.25) is 5.91 Å². The Kier molecular flexibility index (Phi) is 8.60. The van der Waals surface area contributed by atoms with Gasteiger partial charge in [-0.05, 0) is 89.1 Å². The zero-order valence-corrected chi connectivity index (χ0v) is 25.0. The Morgan fingerprint density at radius 3 is 2.69 bits per heavy atom. The lowest BCUT2D eigenvalue weighted by atomic mass is 9.79. The van der Waals surface area contributed by atoms with Crippen LogP contribution in [0.15, 0.2) is 48.8 Å². The van der Waals surface area contributed by atoms with Gasteiger partial charge in [-0.3, -0.25) is 9.69 Å². The first-order chi connectivity index (χ1) is 20.4. The van der Waals surface area contributed by atoms with E-state index in [0.717, 1.165) is 74.5 Å². The number of benzene rings is 2. The van der Waals surface area contributed by atoms with Crippen molar-refractivity contribution in [1.82, 2.24) is 19.8 Å². The first kappa shape index (κ1) is 28.8. The van der Waals surface area contributed by atoms with E-state index in [1.807, 2.05) is 12.1 Å². The van der Waals surface area contributed by atoms with Crippen LogP contribution >= 0.6 is 11.6 Å². The number of likely N-dealkylation sites (tertiary alicyclic amines) is 2. The molecule has 6 rings (SSSR count). The molecule has 222 valence electrons. The largest absolute Gasteiger partial charge is 0.369 e. The molecular formula is C32H39ClFN7O. The Morgan fingerprint density at radius 1 is 1.05 bits per heavy atom. The molecule has 1 spiro atoms. The van der Waals surface area contributed by atoms with E-state index in [2.05, 4.69) is 48.4 Å². The van der Waals surface area contributed by atoms with E-state index in [0.29, 0.717) is 11.5 Å². The lowest BCUT2D eigenvalue weighted by Gasteiger charge is -2.42. The Morgan fingerprint density at radius 2 is 1.90 bits per heavy atom. The van der Waals surface area contributed by atoms with Crippen molar-refractivity contribution in [3.8, 4) is 0 Å². The normalized spacial score (nSPS) is 21.9. The molecule has 1 unspecified atom stereocenters. The molecule has 0 saturated carbocycles. The average Bonchev–Trinajstić information content (AvgIpc) is 3.34. The van der Waals surface area contributed by atoms with Crippen molar-refractivity contribution in [3.63, 3.8) is 0 Å². The van der Waals surface area contributed by atoms with Gasteiger partial charge in [0, 0.05) is 48.7 Å². The van der Waals surface area contributed by atoms with E-state index in [9.17, 15) is 9.18 Å². The second-order valence-corrected chi connectivity index (χ2v) is 12.5. The molecule has 2 aromatic carbocycles. The monoisotopic (exact) mass is 591 g/mol. The third kappa shape index (κ3) is 6.53. The highest BCUT2D eigenvalue weighted by atomic mass is 35.5. The number of fused-ring (bicyclic) bond motifs is 1. The molecule has 10 heteroatoms. The summed E-state index contributed by atoms with van der Waals surface area (Å²) < 4.78 is 13.8. The highest BCUT2D eigenvalue weighted by Crippen LogP contribution is 2.42. The van der Waals surface area contributed by atoms with E-state index < -0.39 is 5.82 Å². The SMILES string of the molecule is CN1CCC2(CCCN(c3cc4ncnc(Nc5ccc(F)c(Cl)c5)c4cc3NC(=O)/C=C/CN3CCCCC3)C2)C1. The summed E-state index contributed by atoms with van der Waals surface area (Å²) in [6, 6.07) is 8.48. The second kappa shape index (κ2) is 12.5. The molecular weight excluding hydrogens is 553 g/mol. The van der Waals surface area contributed by atoms with Crippen molar-refractivity contribution < 1.29 is 9.18 Å². The fourth-order valence-electron chi connectivity index (χ4n) is 6.79. The van der Waals surface area contributed by atoms with Gasteiger partial charge in [-0.15, -0.1) is 0 Å². The van der Waals surface area contributed by atoms with Gasteiger partial charge < -0.3 is 20.4 Å². The number of aromatic nitrogens is 2. The Balaban J connectivity index is 1.31. The third-order valence-corrected chi connectivity index (χ3v) is 9.20. The molecule has 1 atom stereocenters. The maximum Gasteiger partial charge on any atom is 0.248 e. The van der Waals surface area contributed by atoms with Crippen LogP contribution in [0, 0.1) is 11.2 Å². The number of carbonyl (C=O) groups is 1. The highest BCUT2D eigenvalue weighted by molar-refractivity contribution is 6.31. The third-order valence-electron chi connectivity index (χ3n) is 8.91. The fourth-order valence-corrected chi connectivity index (χ4v) is 6.98. The topological polar surface area (TPSA) is 76.6 Å². The zero-order valence-electron chi connectivity index (χ0n) is 24.2. The number of hydrogen-bond donors (Lipinski definition) is 2. The van der Waals surface area contributed by atoms with Gasteiger partial charge in [-0.1, -0.05) is 24.1 Å². The molecule has 3 aromatic rings. The Labute approximate surface area is 251 Å². The predicted molar refractivity (Wildman–Crippen MR) is 168 cm³/mol. The zero-order chi connectivity index (χ0) is 29.1. The van der Waals surface area contributed by atoms with Crippen LogP contribution in [0.4, 0.5) is 27.3 Å². The number of piperidine rings is 2. The molecule has 1 aromatic heterocycles. The summed E-state index contributed by atoms with van der Waals surface area (Å²) in [6.45, 7) is 7.03. The van der Waals surface area contributed by atoms with Crippen molar-refractivity contribution in [2.75, 3.05) is 68.4 Å². The molecule has 3 aliphatic rings. The van der Waals surface area contributed by atoms with Gasteiger partial charge in [-0.2, -0.15) is 0 Å². The number of halogens is 2. The number of nitrogens with zero attached hydrogens (tertiary/aromatic N) is 5. The van der Waals surface area contributed by atoms with Crippen molar-refractivity contribution in [1.29, 1.82) is 0 Å². The summed E-state index contributed by atoms with van der Waals surface area (Å²) in [5.41, 5.74) is 3.34. The van der Waals surface area contributed by atoms with Gasteiger partial charge in [0.05, 0.1) is 21.9 Å². The van der Waals surface area contributed by atoms with Crippen LogP contribution in [0.5, 0.6) is 0 Å². The van der Waals surface area contributed by atoms with Crippen LogP contribution in [-0.4, -0.2) is 78.5 Å². The minimum Gasteiger partial charge on any atom is -0.369 e. The number of carbonyl (C=O) groups excluding carboxylic acids is 1. The van der Waals surface area contributed by atoms with Crippen molar-refractivity contribution in [2.45, 2.75) is 38.5 Å². The van der Waals surface area contributed by atoms with Gasteiger partial charge in [0.25, 0.3) is 0 Å². The van der Waals surface area contributed by atoms with Crippen molar-refractivity contribution in [2.24, 2.45) is 5.41 Å². The van der Waals surface area contributed by atoms with Gasteiger partial charge in [-0.25, -0.2) is 14.4 Å². The van der Waals surface area contributed by atoms with E-state index in [1.54, 1.807) is 12.1 Å². The molecule has 0 bridgehead atoms. The average molecular weight is 592 g/mol. The van der Waals surface area contributed by atoms with Gasteiger partial charge >= 0.3 is 0 Å². The molecule has 3 saturated heterocycles. The molecule has 3 aliphatic heterocycles. The van der Waals surface area contributed by atoms with Crippen LogP contribution in [-0.2, 0) is 4.79 Å². The number of hydrogen-bond acceptors (Lipinski definition) is 7. The van der Waals surface area contributed by atoms with E-state index in [1.165, 1.54) is 50.6 Å². The fraction of sp³-hybridized carbons (Fsp3) is 0.469. The van der Waals surface area contributed by atoms with Crippen LogP contribution < -0.4 is 15.5 Å². The first-order valence-electron chi connectivity index (χ1n) is 15.0. The minimum absolute atomic E-state index is 0.0292. The summed E-state index contributed by atoms with van der Waals surface area (Å²) in [7, 11) is 2.20. The molecule has 2 N–H and O–H groups in total. The summed E-state index contributed by atoms with van der Waals surface area (Å²) in [4.78, 5) is 29.5.